The number of ether oxygens (including phenoxy) is 4. The summed E-state index contributed by atoms with van der Waals surface area (Å²) in [5.74, 6) is 2.51. The molecule has 0 aromatic carbocycles. The number of anilines is 6. The van der Waals surface area contributed by atoms with Crippen molar-refractivity contribution < 1.29 is 76.4 Å². The Morgan fingerprint density at radius 1 is 0.407 bits per heavy atom. The van der Waals surface area contributed by atoms with Crippen LogP contribution in [0.4, 0.5) is 54.1 Å². The van der Waals surface area contributed by atoms with Crippen LogP contribution in [0.5, 0.6) is 0 Å². The van der Waals surface area contributed by atoms with Crippen molar-refractivity contribution in [2.45, 2.75) is 151 Å². The number of hydrogen-bond acceptors (Lipinski definition) is 31. The number of amidine groups is 1. The highest BCUT2D eigenvalue weighted by molar-refractivity contribution is 9.10. The van der Waals surface area contributed by atoms with E-state index in [4.69, 9.17) is 55.2 Å². The van der Waals surface area contributed by atoms with Crippen molar-refractivity contribution in [2.75, 3.05) is 97.8 Å². The summed E-state index contributed by atoms with van der Waals surface area (Å²) in [4.78, 5) is 153. The number of carbonyl (C=O) groups excluding carboxylic acids is 9. The largest absolute Gasteiger partial charge is 0.444 e. The number of oxime groups is 1. The summed E-state index contributed by atoms with van der Waals surface area (Å²) in [6, 6.07) is 23.7. The van der Waals surface area contributed by atoms with Crippen LogP contribution in [0.1, 0.15) is 138 Å². The minimum atomic E-state index is -0.572. The van der Waals surface area contributed by atoms with Crippen molar-refractivity contribution in [1.82, 2.24) is 101 Å². The van der Waals surface area contributed by atoms with Crippen LogP contribution in [-0.2, 0) is 42.9 Å². The lowest BCUT2D eigenvalue weighted by molar-refractivity contribution is -0.120. The lowest BCUT2D eigenvalue weighted by Gasteiger charge is -2.24. The average molecular weight is 2110 g/mol. The Balaban J connectivity index is 0.000000140. The van der Waals surface area contributed by atoms with Crippen LogP contribution in [0.15, 0.2) is 170 Å². The van der Waals surface area contributed by atoms with Gasteiger partial charge in [-0.1, -0.05) is 47.3 Å². The molecule has 14 aromatic rings. The maximum absolute atomic E-state index is 12.7. The maximum Gasteiger partial charge on any atom is 0.410 e. The lowest BCUT2D eigenvalue weighted by Crippen LogP contribution is -2.36. The molecular weight excluding hydrogens is 2000 g/mol. The number of nitrogens with zero attached hydrogens (tertiary/aromatic N) is 24. The summed E-state index contributed by atoms with van der Waals surface area (Å²) in [7, 11) is 0. The van der Waals surface area contributed by atoms with E-state index in [2.05, 4.69) is 126 Å². The van der Waals surface area contributed by atoms with Gasteiger partial charge >= 0.3 is 24.4 Å². The Hall–Kier alpha value is -16.3. The molecule has 9 amide bonds. The van der Waals surface area contributed by atoms with E-state index in [1.54, 1.807) is 146 Å². The molecule has 5 aliphatic rings. The standard InChI is InChI=1S/C20H24N6O4.C18H24N6O4.C18H21N5O3.C17H21BrN4O3.C16H15N7O2.C7H6BrN3/c1-12-21-17(24-30-12)13-5-7-25-11-15(22-16(25)9-13)23-18(27)14-6-8-26(10-14)19(28)29-20(2,3)4;1-18(2,3)28-17(26)24-7-5-12(9-24)16(25)21-13-10-23-6-4-11(15(19)22-27)8-14(23)20-13;1-18(2,3)26-17(25)23-7-5-13(10-23)16(24)21-14-11-22-6-4-12(9-19)8-15(22)20-14;1-17(2,3)25-16(24)22-6-4-11(9-22)15(23)20-13-10-21-7-5-12(18)8-14(21)19-13;1-10-18-15(21-25-10)11-3-5-23-8-13(19-14(23)6-11)20-16(24)12-2-4-22(7-12)9-17;8-5-1-2-11-4-6(9)10-7(11)3-5/h5,7,9,11,14H,6,8,10H2,1-4H3,(H,23,27);4,6,8,10,12,27H,5,7,9H2,1-3H3,(H2,19,22)(H,21,25);4,6,8,11,13H,5,7,10H2,1-3H3,(H,21,24);5,7-8,10-11H,4,6,9H2,1-3H3,(H,20,23);3,5-6,8,12H,2,4,7H2,1H3,(H,20,24);1-4H,9H2/t14-;12-;13-;11-;12-;/m00000./s1. The first-order valence-corrected chi connectivity index (χ1v) is 47.9. The molecule has 14 aromatic heterocycles. The van der Waals surface area contributed by atoms with E-state index < -0.39 is 40.7 Å². The normalized spacial score (nSPS) is 16.8. The van der Waals surface area contributed by atoms with E-state index in [1.165, 1.54) is 0 Å². The molecule has 5 fully saturated rings. The third-order valence-corrected chi connectivity index (χ3v) is 23.6. The molecule has 0 radical (unpaired) electrons. The highest BCUT2D eigenvalue weighted by Crippen LogP contribution is 2.31. The van der Waals surface area contributed by atoms with Crippen molar-refractivity contribution >= 4 is 160 Å². The minimum absolute atomic E-state index is 0.0238. The molecule has 5 saturated heterocycles. The van der Waals surface area contributed by atoms with Crippen LogP contribution in [0.25, 0.3) is 56.7 Å². The number of hydrogen-bond donors (Lipinski definition) is 8. The zero-order chi connectivity index (χ0) is 104. The number of halogens is 2. The molecule has 0 saturated carbocycles. The minimum Gasteiger partial charge on any atom is -0.444 e. The van der Waals surface area contributed by atoms with Gasteiger partial charge in [-0.3, -0.25) is 24.0 Å². The number of nitrogens with one attached hydrogen (secondary N) is 5. The summed E-state index contributed by atoms with van der Waals surface area (Å²) in [6.45, 7) is 29.6. The molecule has 5 atom stereocenters. The Labute approximate surface area is 847 Å². The number of nitrogen functional groups attached to an aromatic ring is 1. The average Bonchev–Trinajstić information content (AvgIpc) is 1.65. The Bertz CT molecular complexity index is 7270. The molecule has 19 heterocycles. The highest BCUT2D eigenvalue weighted by Gasteiger charge is 2.39. The first-order valence-electron chi connectivity index (χ1n) is 46.3. The lowest BCUT2D eigenvalue weighted by atomic mass is 10.1. The molecule has 0 bridgehead atoms. The topological polar surface area (TPSA) is 581 Å². The van der Waals surface area contributed by atoms with E-state index in [9.17, 15) is 43.2 Å². The SMILES string of the molecule is CC(C)(C)OC(=O)N1CC[C@H](C(=O)Nc2cn3ccc(Br)cc3n2)C1.CC(C)(C)OC(=O)N1CC[C@H](C(=O)Nc2cn3ccc(C#N)cc3n2)C1.CC(C)(C)OC(=O)N1CC[C@H](C(=O)Nc2cn3ccc(C(N)=NO)cc3n2)C1.Cc1nc(-c2ccn3cc(NC(=O)[C@H]4CCN(C#N)C4)nc3c2)no1.Cc1nc(-c2ccn3cc(NC(=O)[C@H]4CCN(C(=O)OC(C)(C)C)C4)nc3c2)no1.Nc1cn2ccc(Br)cc2n1. The van der Waals surface area contributed by atoms with Crippen molar-refractivity contribution in [1.29, 1.82) is 10.5 Å². The molecule has 47 nitrogen and oxygen atoms in total. The van der Waals surface area contributed by atoms with Gasteiger partial charge in [0, 0.05) is 142 Å². The van der Waals surface area contributed by atoms with Crippen LogP contribution in [-0.4, -0.2) is 254 Å². The molecule has 5 aliphatic heterocycles. The third-order valence-electron chi connectivity index (χ3n) is 22.6. The van der Waals surface area contributed by atoms with Gasteiger partial charge in [-0.25, -0.2) is 49.1 Å². The maximum atomic E-state index is 12.7. The third kappa shape index (κ3) is 28.3. The first-order chi connectivity index (χ1) is 68.7. The van der Waals surface area contributed by atoms with Crippen LogP contribution < -0.4 is 38.1 Å². The second-order valence-electron chi connectivity index (χ2n) is 38.7. The number of amides is 9. The summed E-state index contributed by atoms with van der Waals surface area (Å²) < 4.78 is 44.1. The molecule has 10 N–H and O–H groups in total. The summed E-state index contributed by atoms with van der Waals surface area (Å²) in [6.07, 6.45) is 24.7. The van der Waals surface area contributed by atoms with Crippen molar-refractivity contribution in [3.63, 3.8) is 0 Å². The number of aromatic nitrogens is 16. The highest BCUT2D eigenvalue weighted by atomic mass is 79.9. The number of pyridine rings is 6. The molecule has 0 unspecified atom stereocenters. The van der Waals surface area contributed by atoms with Gasteiger partial charge in [0.15, 0.2) is 41.1 Å². The number of nitrogens with two attached hydrogens (primary N) is 2. The number of rotatable bonds is 13. The van der Waals surface area contributed by atoms with Crippen molar-refractivity contribution in [3.8, 4) is 35.0 Å². The molecule has 760 valence electrons. The van der Waals surface area contributed by atoms with Gasteiger partial charge in [0.05, 0.1) is 78.4 Å². The Morgan fingerprint density at radius 3 is 1.02 bits per heavy atom. The zero-order valence-corrected chi connectivity index (χ0v) is 85.2. The van der Waals surface area contributed by atoms with Crippen molar-refractivity contribution in [3.05, 3.63) is 179 Å². The summed E-state index contributed by atoms with van der Waals surface area (Å²) >= 11 is 6.74. The predicted molar refractivity (Wildman–Crippen MR) is 536 cm³/mol. The van der Waals surface area contributed by atoms with Gasteiger partial charge in [-0.2, -0.15) is 20.5 Å². The van der Waals surface area contributed by atoms with Crippen LogP contribution >= 0.6 is 31.9 Å². The number of aryl methyl sites for hydroxylation is 2. The van der Waals surface area contributed by atoms with Gasteiger partial charge in [0.2, 0.25) is 53.0 Å². The van der Waals surface area contributed by atoms with E-state index in [-0.39, 0.29) is 71.1 Å². The smallest absolute Gasteiger partial charge is 0.410 e. The van der Waals surface area contributed by atoms with Gasteiger partial charge in [-0.05, 0) is 188 Å². The molecule has 0 aliphatic carbocycles. The summed E-state index contributed by atoms with van der Waals surface area (Å²) in [5.41, 5.74) is 15.5. The molecule has 49 heteroatoms. The van der Waals surface area contributed by atoms with E-state index in [1.807, 2.05) is 149 Å². The Kier molecular flexibility index (Phi) is 32.0. The molecular formula is C96H111Br2N31O16. The number of fused-ring (bicyclic) bond motifs is 6. The number of imidazole rings is 6. The van der Waals surface area contributed by atoms with E-state index in [0.717, 1.165) is 31.4 Å². The van der Waals surface area contributed by atoms with E-state index in [0.29, 0.717) is 190 Å². The van der Waals surface area contributed by atoms with Crippen LogP contribution in [0.3, 0.4) is 0 Å². The Morgan fingerprint density at radius 2 is 0.703 bits per heavy atom. The summed E-state index contributed by atoms with van der Waals surface area (Å²) in [5, 5.41) is 51.4. The number of nitriles is 2. The van der Waals surface area contributed by atoms with Gasteiger partial charge in [0.1, 0.15) is 62.1 Å². The zero-order valence-electron chi connectivity index (χ0n) is 82.1. The molecule has 19 rings (SSSR count). The van der Waals surface area contributed by atoms with Crippen LogP contribution in [0.2, 0.25) is 0 Å². The van der Waals surface area contributed by atoms with Gasteiger partial charge < -0.3 is 122 Å². The van der Waals surface area contributed by atoms with Gasteiger partial charge in [0.25, 0.3) is 0 Å². The molecule has 145 heavy (non-hydrogen) atoms. The molecule has 0 spiro atoms. The fourth-order valence-electron chi connectivity index (χ4n) is 15.6. The second-order valence-corrected chi connectivity index (χ2v) is 40.6. The predicted octanol–water partition coefficient (Wildman–Crippen LogP) is 13.3. The fraction of sp³-hybridized carbons (Fsp3) is 0.396. The van der Waals surface area contributed by atoms with Crippen molar-refractivity contribution in [2.24, 2.45) is 40.5 Å². The second kappa shape index (κ2) is 44.4. The van der Waals surface area contributed by atoms with Crippen LogP contribution in [0, 0.1) is 66.2 Å². The first kappa shape index (κ1) is 104. The number of carbonyl (C=O) groups is 9. The van der Waals surface area contributed by atoms with Gasteiger partial charge in [-0.15, -0.1) is 0 Å². The quantitative estimate of drug-likeness (QED) is 0.0133. The monoisotopic (exact) mass is 2110 g/mol. The van der Waals surface area contributed by atoms with E-state index >= 15 is 0 Å². The number of likely N-dealkylation sites (tertiary alicyclic amines) is 5. The fourth-order valence-corrected chi connectivity index (χ4v) is 16.3.